The summed E-state index contributed by atoms with van der Waals surface area (Å²) in [6, 6.07) is 0.504. The molecule has 1 N–H and O–H groups in total. The zero-order valence-electron chi connectivity index (χ0n) is 9.71. The maximum atomic E-state index is 11.6. The summed E-state index contributed by atoms with van der Waals surface area (Å²) in [7, 11) is 3.61. The molecule has 0 radical (unpaired) electrons. The van der Waals surface area contributed by atoms with Crippen molar-refractivity contribution in [1.29, 1.82) is 0 Å². The monoisotopic (exact) mass is 198 g/mol. The molecule has 0 aliphatic heterocycles. The van der Waals surface area contributed by atoms with E-state index in [1.54, 1.807) is 19.0 Å². The molecular formula is C11H22N2O. The van der Waals surface area contributed by atoms with Crippen LogP contribution in [-0.2, 0) is 4.79 Å². The molecule has 1 aliphatic carbocycles. The van der Waals surface area contributed by atoms with Gasteiger partial charge in [0.05, 0.1) is 6.04 Å². The van der Waals surface area contributed by atoms with Gasteiger partial charge < -0.3 is 10.2 Å². The van der Waals surface area contributed by atoms with Gasteiger partial charge in [0.2, 0.25) is 5.91 Å². The lowest BCUT2D eigenvalue weighted by atomic mass is 10.1. The van der Waals surface area contributed by atoms with E-state index in [-0.39, 0.29) is 11.9 Å². The highest BCUT2D eigenvalue weighted by Crippen LogP contribution is 2.24. The minimum Gasteiger partial charge on any atom is -0.347 e. The molecule has 0 saturated heterocycles. The minimum atomic E-state index is -0.0414. The maximum Gasteiger partial charge on any atom is 0.238 e. The van der Waals surface area contributed by atoms with E-state index >= 15 is 0 Å². The average molecular weight is 198 g/mol. The summed E-state index contributed by atoms with van der Waals surface area (Å²) >= 11 is 0. The fourth-order valence-electron chi connectivity index (χ4n) is 2.17. The number of hydrogen-bond donors (Lipinski definition) is 1. The van der Waals surface area contributed by atoms with Crippen molar-refractivity contribution in [3.63, 3.8) is 0 Å². The van der Waals surface area contributed by atoms with Crippen molar-refractivity contribution in [3.05, 3.63) is 0 Å². The number of carbonyl (C=O) groups is 1. The summed E-state index contributed by atoms with van der Waals surface area (Å²) in [6.45, 7) is 4.23. The van der Waals surface area contributed by atoms with Crippen molar-refractivity contribution in [1.82, 2.24) is 10.2 Å². The molecule has 3 unspecified atom stereocenters. The van der Waals surface area contributed by atoms with Gasteiger partial charge in [-0.2, -0.15) is 0 Å². The fourth-order valence-corrected chi connectivity index (χ4v) is 2.17. The first kappa shape index (κ1) is 11.5. The summed E-state index contributed by atoms with van der Waals surface area (Å²) in [5, 5.41) is 3.40. The van der Waals surface area contributed by atoms with E-state index in [2.05, 4.69) is 12.2 Å². The summed E-state index contributed by atoms with van der Waals surface area (Å²) in [6.07, 6.45) is 3.72. The third-order valence-electron chi connectivity index (χ3n) is 2.99. The van der Waals surface area contributed by atoms with E-state index in [0.29, 0.717) is 6.04 Å². The first-order chi connectivity index (χ1) is 6.50. The van der Waals surface area contributed by atoms with Crippen LogP contribution in [0.3, 0.4) is 0 Å². The Kier molecular flexibility index (Phi) is 3.93. The van der Waals surface area contributed by atoms with Crippen LogP contribution in [0.15, 0.2) is 0 Å². The van der Waals surface area contributed by atoms with Gasteiger partial charge in [-0.15, -0.1) is 0 Å². The van der Waals surface area contributed by atoms with Crippen LogP contribution in [0.5, 0.6) is 0 Å². The van der Waals surface area contributed by atoms with Crippen LogP contribution in [0.1, 0.15) is 33.1 Å². The van der Waals surface area contributed by atoms with Gasteiger partial charge in [-0.1, -0.05) is 6.92 Å². The Balaban J connectivity index is 2.33. The molecule has 0 aromatic rings. The molecule has 82 valence electrons. The summed E-state index contributed by atoms with van der Waals surface area (Å²) in [4.78, 5) is 13.2. The number of nitrogens with zero attached hydrogens (tertiary/aromatic N) is 1. The summed E-state index contributed by atoms with van der Waals surface area (Å²) in [5.74, 6) is 0.985. The largest absolute Gasteiger partial charge is 0.347 e. The molecule has 3 nitrogen and oxygen atoms in total. The Bertz CT molecular complexity index is 203. The van der Waals surface area contributed by atoms with Gasteiger partial charge in [-0.05, 0) is 32.1 Å². The van der Waals surface area contributed by atoms with Crippen molar-refractivity contribution >= 4 is 5.91 Å². The number of amides is 1. The third kappa shape index (κ3) is 2.98. The number of likely N-dealkylation sites (N-methyl/N-ethyl adjacent to an activating group) is 1. The normalized spacial score (nSPS) is 28.9. The molecule has 0 aromatic heterocycles. The van der Waals surface area contributed by atoms with E-state index in [4.69, 9.17) is 0 Å². The Morgan fingerprint density at radius 1 is 1.43 bits per heavy atom. The smallest absolute Gasteiger partial charge is 0.238 e. The zero-order valence-corrected chi connectivity index (χ0v) is 9.71. The second kappa shape index (κ2) is 4.78. The molecule has 1 fully saturated rings. The van der Waals surface area contributed by atoms with Crippen LogP contribution in [0.25, 0.3) is 0 Å². The van der Waals surface area contributed by atoms with Gasteiger partial charge in [0.1, 0.15) is 0 Å². The Morgan fingerprint density at radius 3 is 2.50 bits per heavy atom. The molecule has 0 bridgehead atoms. The summed E-state index contributed by atoms with van der Waals surface area (Å²) in [5.41, 5.74) is 0. The first-order valence-electron chi connectivity index (χ1n) is 5.48. The van der Waals surface area contributed by atoms with E-state index < -0.39 is 0 Å². The first-order valence-corrected chi connectivity index (χ1v) is 5.48. The van der Waals surface area contributed by atoms with Crippen molar-refractivity contribution in [2.75, 3.05) is 14.1 Å². The van der Waals surface area contributed by atoms with Gasteiger partial charge >= 0.3 is 0 Å². The lowest BCUT2D eigenvalue weighted by Crippen LogP contribution is -2.45. The molecule has 0 spiro atoms. The quantitative estimate of drug-likeness (QED) is 0.740. The van der Waals surface area contributed by atoms with Crippen LogP contribution in [0.4, 0.5) is 0 Å². The third-order valence-corrected chi connectivity index (χ3v) is 2.99. The van der Waals surface area contributed by atoms with Gasteiger partial charge in [-0.3, -0.25) is 4.79 Å². The lowest BCUT2D eigenvalue weighted by Gasteiger charge is -2.21. The van der Waals surface area contributed by atoms with Crippen molar-refractivity contribution in [3.8, 4) is 0 Å². The molecule has 14 heavy (non-hydrogen) atoms. The van der Waals surface area contributed by atoms with Crippen molar-refractivity contribution < 1.29 is 4.79 Å². The number of hydrogen-bond acceptors (Lipinski definition) is 2. The fraction of sp³-hybridized carbons (Fsp3) is 0.909. The number of rotatable bonds is 3. The highest BCUT2D eigenvalue weighted by Gasteiger charge is 2.24. The van der Waals surface area contributed by atoms with Crippen molar-refractivity contribution in [2.24, 2.45) is 5.92 Å². The SMILES string of the molecule is CC1CCC(NC(C)C(=O)N(C)C)C1. The van der Waals surface area contributed by atoms with Crippen LogP contribution >= 0.6 is 0 Å². The summed E-state index contributed by atoms with van der Waals surface area (Å²) < 4.78 is 0. The van der Waals surface area contributed by atoms with E-state index in [0.717, 1.165) is 5.92 Å². The van der Waals surface area contributed by atoms with Gasteiger partial charge in [0, 0.05) is 20.1 Å². The molecule has 3 atom stereocenters. The second-order valence-electron chi connectivity index (χ2n) is 4.74. The number of nitrogens with one attached hydrogen (secondary N) is 1. The Hall–Kier alpha value is -0.570. The number of carbonyl (C=O) groups excluding carboxylic acids is 1. The van der Waals surface area contributed by atoms with Gasteiger partial charge in [0.25, 0.3) is 0 Å². The van der Waals surface area contributed by atoms with E-state index in [9.17, 15) is 4.79 Å². The standard InChI is InChI=1S/C11H22N2O/c1-8-5-6-10(7-8)12-9(2)11(14)13(3)4/h8-10,12H,5-7H2,1-4H3. The molecule has 1 saturated carbocycles. The van der Waals surface area contributed by atoms with Gasteiger partial charge in [0.15, 0.2) is 0 Å². The molecule has 3 heteroatoms. The van der Waals surface area contributed by atoms with Crippen molar-refractivity contribution in [2.45, 2.75) is 45.2 Å². The van der Waals surface area contributed by atoms with Crippen LogP contribution in [-0.4, -0.2) is 37.0 Å². The Labute approximate surface area is 86.9 Å². The zero-order chi connectivity index (χ0) is 10.7. The molecule has 1 rings (SSSR count). The van der Waals surface area contributed by atoms with Crippen LogP contribution in [0.2, 0.25) is 0 Å². The molecule has 1 amide bonds. The lowest BCUT2D eigenvalue weighted by molar-refractivity contribution is -0.130. The van der Waals surface area contributed by atoms with Crippen LogP contribution < -0.4 is 5.32 Å². The highest BCUT2D eigenvalue weighted by atomic mass is 16.2. The molecule has 0 aromatic carbocycles. The van der Waals surface area contributed by atoms with Gasteiger partial charge in [-0.25, -0.2) is 0 Å². The average Bonchev–Trinajstić information content (AvgIpc) is 2.49. The molecular weight excluding hydrogens is 176 g/mol. The predicted octanol–water partition coefficient (Wildman–Crippen LogP) is 1.24. The highest BCUT2D eigenvalue weighted by molar-refractivity contribution is 5.80. The maximum absolute atomic E-state index is 11.6. The minimum absolute atomic E-state index is 0.0414. The molecule has 1 aliphatic rings. The van der Waals surface area contributed by atoms with Crippen LogP contribution in [0, 0.1) is 5.92 Å². The Morgan fingerprint density at radius 2 is 2.07 bits per heavy atom. The molecule has 0 heterocycles. The second-order valence-corrected chi connectivity index (χ2v) is 4.74. The topological polar surface area (TPSA) is 32.3 Å². The van der Waals surface area contributed by atoms with E-state index in [1.807, 2.05) is 6.92 Å². The predicted molar refractivity (Wildman–Crippen MR) is 58.1 cm³/mol. The van der Waals surface area contributed by atoms with E-state index in [1.165, 1.54) is 19.3 Å².